The molecule has 0 saturated heterocycles. The Labute approximate surface area is 607 Å². The van der Waals surface area contributed by atoms with E-state index in [0.29, 0.717) is 25.7 Å². The molecular weight excluding hydrogens is 1290 g/mol. The van der Waals surface area contributed by atoms with Gasteiger partial charge in [0, 0.05) is 25.7 Å². The molecule has 0 aliphatic heterocycles. The average molecular weight is 1450 g/mol. The van der Waals surface area contributed by atoms with E-state index in [0.717, 1.165) is 115 Å². The number of carbonyl (C=O) groups is 4. The Bertz CT molecular complexity index is 1910. The number of esters is 4. The van der Waals surface area contributed by atoms with E-state index in [1.165, 1.54) is 225 Å². The van der Waals surface area contributed by atoms with E-state index in [9.17, 15) is 43.2 Å². The van der Waals surface area contributed by atoms with E-state index in [2.05, 4.69) is 41.5 Å². The van der Waals surface area contributed by atoms with Gasteiger partial charge in [-0.25, -0.2) is 9.13 Å². The standard InChI is InChI=1S/C80H156O17P2/c1-7-10-12-14-16-17-18-19-20-21-22-23-24-25-30-33-36-39-46-52-58-64-79(84)96-76(69-91-78(83)63-57-51-45-38-35-32-29-27-26-28-31-34-37-43-48-54-60-72(4)5)71-95-99(88,89)93-67-74(81)66-92-98(86,87)94-70-75(68-90-77(82)62-56-50-42-15-13-11-8-2)97-80(85)65-59-53-47-41-40-44-49-55-61-73(6)9-3/h72-76,81H,7-71H2,1-6H3,(H,86,87)(H,88,89)/t73?,74-,75+,76+/m0/s1. The molecule has 19 heteroatoms. The van der Waals surface area contributed by atoms with Crippen LogP contribution in [-0.4, -0.2) is 96.7 Å². The summed E-state index contributed by atoms with van der Waals surface area (Å²) in [6.07, 6.45) is 61.3. The van der Waals surface area contributed by atoms with Crippen molar-refractivity contribution < 1.29 is 80.2 Å². The number of phosphoric ester groups is 2. The highest BCUT2D eigenvalue weighted by Gasteiger charge is 2.30. The number of phosphoric acid groups is 2. The van der Waals surface area contributed by atoms with Crippen molar-refractivity contribution in [3.63, 3.8) is 0 Å². The van der Waals surface area contributed by atoms with Gasteiger partial charge in [0.05, 0.1) is 26.4 Å². The van der Waals surface area contributed by atoms with Gasteiger partial charge in [-0.3, -0.25) is 37.3 Å². The molecule has 0 bridgehead atoms. The van der Waals surface area contributed by atoms with E-state index in [4.69, 9.17) is 37.0 Å². The van der Waals surface area contributed by atoms with Crippen LogP contribution in [0.2, 0.25) is 0 Å². The number of aliphatic hydroxyl groups excluding tert-OH is 1. The molecule has 0 aromatic heterocycles. The van der Waals surface area contributed by atoms with E-state index in [1.807, 2.05) is 0 Å². The lowest BCUT2D eigenvalue weighted by Crippen LogP contribution is -2.30. The molecule has 17 nitrogen and oxygen atoms in total. The second-order valence-electron chi connectivity index (χ2n) is 29.5. The zero-order chi connectivity index (χ0) is 72.8. The number of rotatable bonds is 79. The van der Waals surface area contributed by atoms with Crippen LogP contribution in [0.15, 0.2) is 0 Å². The molecule has 3 unspecified atom stereocenters. The summed E-state index contributed by atoms with van der Waals surface area (Å²) in [5, 5.41) is 10.6. The van der Waals surface area contributed by atoms with Crippen molar-refractivity contribution in [1.29, 1.82) is 0 Å². The molecule has 0 radical (unpaired) electrons. The van der Waals surface area contributed by atoms with Gasteiger partial charge in [-0.2, -0.15) is 0 Å². The van der Waals surface area contributed by atoms with Crippen LogP contribution in [0.1, 0.15) is 420 Å². The zero-order valence-electron chi connectivity index (χ0n) is 64.8. The minimum Gasteiger partial charge on any atom is -0.462 e. The van der Waals surface area contributed by atoms with Gasteiger partial charge in [0.1, 0.15) is 19.3 Å². The topological polar surface area (TPSA) is 237 Å². The first-order valence-corrected chi connectivity index (χ1v) is 44.5. The number of hydrogen-bond donors (Lipinski definition) is 3. The van der Waals surface area contributed by atoms with Crippen molar-refractivity contribution in [2.75, 3.05) is 39.6 Å². The van der Waals surface area contributed by atoms with Crippen molar-refractivity contribution in [3.05, 3.63) is 0 Å². The Morgan fingerprint density at radius 3 is 0.768 bits per heavy atom. The zero-order valence-corrected chi connectivity index (χ0v) is 66.6. The molecule has 588 valence electrons. The van der Waals surface area contributed by atoms with Crippen LogP contribution in [-0.2, 0) is 65.4 Å². The third-order valence-electron chi connectivity index (χ3n) is 19.1. The van der Waals surface area contributed by atoms with Crippen LogP contribution in [0.5, 0.6) is 0 Å². The maximum atomic E-state index is 13.1. The van der Waals surface area contributed by atoms with Gasteiger partial charge in [-0.05, 0) is 37.5 Å². The van der Waals surface area contributed by atoms with Crippen LogP contribution >= 0.6 is 15.6 Å². The van der Waals surface area contributed by atoms with E-state index < -0.39 is 97.5 Å². The number of carbonyl (C=O) groups excluding carboxylic acids is 4. The molecule has 0 aromatic rings. The number of aliphatic hydroxyl groups is 1. The van der Waals surface area contributed by atoms with Crippen molar-refractivity contribution >= 4 is 39.5 Å². The van der Waals surface area contributed by atoms with Gasteiger partial charge in [0.15, 0.2) is 12.2 Å². The monoisotopic (exact) mass is 1450 g/mol. The van der Waals surface area contributed by atoms with Crippen molar-refractivity contribution in [2.45, 2.75) is 439 Å². The first-order chi connectivity index (χ1) is 47.9. The van der Waals surface area contributed by atoms with Crippen molar-refractivity contribution in [1.82, 2.24) is 0 Å². The minimum absolute atomic E-state index is 0.105. The third kappa shape index (κ3) is 72.8. The Morgan fingerprint density at radius 2 is 0.515 bits per heavy atom. The fourth-order valence-electron chi connectivity index (χ4n) is 12.3. The average Bonchev–Trinajstić information content (AvgIpc) is 1.03. The summed E-state index contributed by atoms with van der Waals surface area (Å²) in [6.45, 7) is 9.60. The molecule has 99 heavy (non-hydrogen) atoms. The summed E-state index contributed by atoms with van der Waals surface area (Å²) < 4.78 is 68.5. The smallest absolute Gasteiger partial charge is 0.462 e. The van der Waals surface area contributed by atoms with Crippen LogP contribution in [0.25, 0.3) is 0 Å². The largest absolute Gasteiger partial charge is 0.472 e. The molecule has 0 amide bonds. The summed E-state index contributed by atoms with van der Waals surface area (Å²) in [5.74, 6) is -0.535. The van der Waals surface area contributed by atoms with Crippen LogP contribution < -0.4 is 0 Å². The number of unbranched alkanes of at least 4 members (excludes halogenated alkanes) is 48. The van der Waals surface area contributed by atoms with E-state index in [1.54, 1.807) is 0 Å². The Morgan fingerprint density at radius 1 is 0.293 bits per heavy atom. The lowest BCUT2D eigenvalue weighted by atomic mass is 9.99. The van der Waals surface area contributed by atoms with Crippen LogP contribution in [0.3, 0.4) is 0 Å². The quantitative estimate of drug-likeness (QED) is 0.0222. The van der Waals surface area contributed by atoms with Gasteiger partial charge < -0.3 is 33.8 Å². The molecule has 0 heterocycles. The summed E-state index contributed by atoms with van der Waals surface area (Å²) in [4.78, 5) is 72.8. The van der Waals surface area contributed by atoms with E-state index in [-0.39, 0.29) is 25.7 Å². The van der Waals surface area contributed by atoms with E-state index >= 15 is 0 Å². The fourth-order valence-corrected chi connectivity index (χ4v) is 13.9. The highest BCUT2D eigenvalue weighted by molar-refractivity contribution is 7.47. The highest BCUT2D eigenvalue weighted by Crippen LogP contribution is 2.45. The van der Waals surface area contributed by atoms with Crippen molar-refractivity contribution in [3.8, 4) is 0 Å². The molecule has 0 aliphatic carbocycles. The maximum Gasteiger partial charge on any atom is 0.472 e. The molecule has 3 N–H and O–H groups in total. The maximum absolute atomic E-state index is 13.1. The van der Waals surface area contributed by atoms with Gasteiger partial charge >= 0.3 is 39.5 Å². The molecule has 0 rings (SSSR count). The molecule has 0 saturated carbocycles. The van der Waals surface area contributed by atoms with Gasteiger partial charge in [0.25, 0.3) is 0 Å². The molecule has 0 aliphatic rings. The highest BCUT2D eigenvalue weighted by atomic mass is 31.2. The summed E-state index contributed by atoms with van der Waals surface area (Å²) in [7, 11) is -9.91. The molecular formula is C80H156O17P2. The Hall–Kier alpha value is -1.94. The molecule has 0 fully saturated rings. The third-order valence-corrected chi connectivity index (χ3v) is 21.0. The second-order valence-corrected chi connectivity index (χ2v) is 32.4. The predicted octanol–water partition coefficient (Wildman–Crippen LogP) is 23.9. The number of hydrogen-bond acceptors (Lipinski definition) is 15. The predicted molar refractivity (Wildman–Crippen MR) is 405 cm³/mol. The Balaban J connectivity index is 5.16. The lowest BCUT2D eigenvalue weighted by Gasteiger charge is -2.21. The van der Waals surface area contributed by atoms with Crippen LogP contribution in [0, 0.1) is 11.8 Å². The van der Waals surface area contributed by atoms with Crippen molar-refractivity contribution in [2.24, 2.45) is 11.8 Å². The molecule has 0 spiro atoms. The molecule has 0 aromatic carbocycles. The van der Waals surface area contributed by atoms with Gasteiger partial charge in [0.2, 0.25) is 0 Å². The Kier molecular flexibility index (Phi) is 70.3. The van der Waals surface area contributed by atoms with Crippen LogP contribution in [0.4, 0.5) is 0 Å². The fraction of sp³-hybridized carbons (Fsp3) is 0.950. The van der Waals surface area contributed by atoms with Gasteiger partial charge in [-0.15, -0.1) is 0 Å². The molecule has 6 atom stereocenters. The lowest BCUT2D eigenvalue weighted by molar-refractivity contribution is -0.161. The first kappa shape index (κ1) is 97.1. The first-order valence-electron chi connectivity index (χ1n) is 41.5. The second kappa shape index (κ2) is 71.7. The SMILES string of the molecule is CCCCCCCCCCCCCCCCCCCCCCCC(=O)O[C@H](COC(=O)CCCCCCCCCCCCCCCCCCC(C)C)COP(=O)(O)OC[C@@H](O)COP(=O)(O)OC[C@@H](COC(=O)CCCCCCCCC)OC(=O)CCCCCCCCCCC(C)CC. The summed E-state index contributed by atoms with van der Waals surface area (Å²) >= 11 is 0. The minimum atomic E-state index is -4.96. The number of ether oxygens (including phenoxy) is 4. The normalized spacial score (nSPS) is 14.2. The summed E-state index contributed by atoms with van der Waals surface area (Å²) in [5.41, 5.74) is 0. The summed E-state index contributed by atoms with van der Waals surface area (Å²) in [6, 6.07) is 0. The van der Waals surface area contributed by atoms with Gasteiger partial charge in [-0.1, -0.05) is 369 Å².